The number of rotatable bonds is 7. The van der Waals surface area contributed by atoms with Gasteiger partial charge in [-0.05, 0) is 21.3 Å². The van der Waals surface area contributed by atoms with Crippen LogP contribution in [0.25, 0.3) is 0 Å². The summed E-state index contributed by atoms with van der Waals surface area (Å²) in [5.74, 6) is 0. The highest BCUT2D eigenvalue weighted by atomic mass is 28.4. The molecular weight excluding hydrogens is 214 g/mol. The van der Waals surface area contributed by atoms with Crippen LogP contribution in [0.5, 0.6) is 0 Å². The Hall–Kier alpha value is -0.763. The van der Waals surface area contributed by atoms with E-state index in [-0.39, 0.29) is 0 Å². The lowest BCUT2D eigenvalue weighted by molar-refractivity contribution is 0.122. The van der Waals surface area contributed by atoms with Gasteiger partial charge in [0.2, 0.25) is 0 Å². The Kier molecular flexibility index (Phi) is 4.89. The molecule has 0 aliphatic carbocycles. The summed E-state index contributed by atoms with van der Waals surface area (Å²) >= 11 is 0. The van der Waals surface area contributed by atoms with Crippen LogP contribution < -0.4 is 0 Å². The maximum atomic E-state index is 5.30. The zero-order valence-electron chi connectivity index (χ0n) is 9.34. The molecule has 0 aliphatic rings. The Morgan fingerprint density at radius 1 is 1.20 bits per heavy atom. The molecule has 0 N–H and O–H groups in total. The van der Waals surface area contributed by atoms with Crippen LogP contribution in [-0.2, 0) is 19.8 Å². The van der Waals surface area contributed by atoms with Crippen molar-refractivity contribution < 1.29 is 13.3 Å². The summed E-state index contributed by atoms with van der Waals surface area (Å²) < 4.78 is 17.7. The van der Waals surface area contributed by atoms with Crippen molar-refractivity contribution in [2.75, 3.05) is 21.3 Å². The molecule has 0 saturated heterocycles. The number of nitrogens with zero attached hydrogens (tertiary/aromatic N) is 3. The van der Waals surface area contributed by atoms with E-state index in [4.69, 9.17) is 13.3 Å². The molecule has 1 aromatic rings. The predicted octanol–water partition coefficient (Wildman–Crippen LogP) is 0.546. The van der Waals surface area contributed by atoms with Gasteiger partial charge < -0.3 is 13.3 Å². The molecule has 87 valence electrons. The molecule has 0 spiro atoms. The lowest BCUT2D eigenvalue weighted by atomic mass is 10.5. The molecule has 0 saturated carbocycles. The molecule has 0 atom stereocenters. The van der Waals surface area contributed by atoms with Gasteiger partial charge in [0.05, 0.1) is 0 Å². The highest BCUT2D eigenvalue weighted by molar-refractivity contribution is 6.60. The molecule has 0 amide bonds. The average molecular weight is 231 g/mol. The molecular formula is C8H17N3O3Si-. The Morgan fingerprint density at radius 3 is 2.33 bits per heavy atom. The Morgan fingerprint density at radius 2 is 1.87 bits per heavy atom. The molecule has 1 aromatic heterocycles. The van der Waals surface area contributed by atoms with Crippen molar-refractivity contribution in [3.8, 4) is 0 Å². The quantitative estimate of drug-likeness (QED) is 0.641. The normalized spacial score (nSPS) is 11.9. The first-order valence-corrected chi connectivity index (χ1v) is 6.67. The van der Waals surface area contributed by atoms with Crippen LogP contribution >= 0.6 is 0 Å². The zero-order valence-corrected chi connectivity index (χ0v) is 10.3. The maximum absolute atomic E-state index is 5.30. The standard InChI is InChI=1S/C8H17N3O3Si/c1-12-15(13-2,14-3)6-4-5-11-8-9-7-10-11/h7-8H,4-6H2,1-3H3/q-1. The zero-order chi connectivity index (χ0) is 11.1. The molecule has 7 heteroatoms. The molecule has 1 heterocycles. The second kappa shape index (κ2) is 5.96. The summed E-state index contributed by atoms with van der Waals surface area (Å²) in [4.78, 5) is 3.87. The third-order valence-electron chi connectivity index (χ3n) is 2.27. The molecule has 0 bridgehead atoms. The smallest absolute Gasteiger partial charge is 0.280 e. The summed E-state index contributed by atoms with van der Waals surface area (Å²) in [5.41, 5.74) is 0. The van der Waals surface area contributed by atoms with Crippen LogP contribution in [0.3, 0.4) is 0 Å². The van der Waals surface area contributed by atoms with Crippen molar-refractivity contribution in [3.05, 3.63) is 12.7 Å². The minimum Gasteiger partial charge on any atom is -0.527 e. The SMILES string of the molecule is CO[Si-](CCCn1cncn1)(OC)OC. The fraction of sp³-hybridized carbons (Fsp3) is 0.750. The highest BCUT2D eigenvalue weighted by Crippen LogP contribution is 2.15. The molecule has 6 nitrogen and oxygen atoms in total. The van der Waals surface area contributed by atoms with Gasteiger partial charge in [-0.25, -0.2) is 4.98 Å². The van der Waals surface area contributed by atoms with E-state index in [1.807, 2.05) is 0 Å². The monoisotopic (exact) mass is 231 g/mol. The third kappa shape index (κ3) is 3.38. The second-order valence-electron chi connectivity index (χ2n) is 3.06. The highest BCUT2D eigenvalue weighted by Gasteiger charge is 2.21. The predicted molar refractivity (Wildman–Crippen MR) is 56.2 cm³/mol. The fourth-order valence-corrected chi connectivity index (χ4v) is 3.07. The summed E-state index contributed by atoms with van der Waals surface area (Å²) in [6, 6.07) is 0.774. The Labute approximate surface area is 90.5 Å². The first-order valence-electron chi connectivity index (χ1n) is 4.74. The molecule has 0 radical (unpaired) electrons. The lowest BCUT2D eigenvalue weighted by Gasteiger charge is -2.38. The van der Waals surface area contributed by atoms with E-state index in [0.717, 1.165) is 19.0 Å². The summed E-state index contributed by atoms with van der Waals surface area (Å²) in [5, 5.41) is 4.01. The van der Waals surface area contributed by atoms with Gasteiger partial charge in [0.1, 0.15) is 12.7 Å². The van der Waals surface area contributed by atoms with Crippen molar-refractivity contribution in [2.45, 2.75) is 19.0 Å². The molecule has 0 unspecified atom stereocenters. The van der Waals surface area contributed by atoms with Gasteiger partial charge in [-0.2, -0.15) is 5.10 Å². The van der Waals surface area contributed by atoms with Gasteiger partial charge in [0.25, 0.3) is 8.80 Å². The minimum absolute atomic E-state index is 0.774. The van der Waals surface area contributed by atoms with Gasteiger partial charge in [0, 0.05) is 6.54 Å². The average Bonchev–Trinajstić information content (AvgIpc) is 2.78. The van der Waals surface area contributed by atoms with E-state index in [0.29, 0.717) is 0 Å². The van der Waals surface area contributed by atoms with Crippen molar-refractivity contribution in [1.29, 1.82) is 0 Å². The molecule has 0 fully saturated rings. The number of hydrogen-bond donors (Lipinski definition) is 0. The van der Waals surface area contributed by atoms with Crippen LogP contribution in [-0.4, -0.2) is 44.9 Å². The van der Waals surface area contributed by atoms with Gasteiger partial charge in [0.15, 0.2) is 0 Å². The third-order valence-corrected chi connectivity index (χ3v) is 5.10. The Bertz CT molecular complexity index is 256. The van der Waals surface area contributed by atoms with Gasteiger partial charge in [-0.3, -0.25) is 4.68 Å². The molecule has 1 rings (SSSR count). The van der Waals surface area contributed by atoms with E-state index in [1.54, 1.807) is 32.3 Å². The Balaban J connectivity index is 2.34. The molecule has 15 heavy (non-hydrogen) atoms. The lowest BCUT2D eigenvalue weighted by Crippen LogP contribution is -2.42. The van der Waals surface area contributed by atoms with E-state index >= 15 is 0 Å². The maximum Gasteiger partial charge on any atom is 0.280 e. The number of aromatic nitrogens is 3. The number of aryl methyl sites for hydroxylation is 1. The van der Waals surface area contributed by atoms with Crippen molar-refractivity contribution in [3.63, 3.8) is 0 Å². The molecule has 0 aliphatic heterocycles. The van der Waals surface area contributed by atoms with Crippen molar-refractivity contribution in [2.24, 2.45) is 0 Å². The summed E-state index contributed by atoms with van der Waals surface area (Å²) in [7, 11) is 2.45. The van der Waals surface area contributed by atoms with Crippen LogP contribution in [0, 0.1) is 0 Å². The first kappa shape index (κ1) is 12.3. The van der Waals surface area contributed by atoms with Gasteiger partial charge >= 0.3 is 0 Å². The van der Waals surface area contributed by atoms with E-state index < -0.39 is 8.80 Å². The first-order chi connectivity index (χ1) is 7.26. The summed E-state index contributed by atoms with van der Waals surface area (Å²) in [6.07, 6.45) is 4.11. The van der Waals surface area contributed by atoms with Gasteiger partial charge in [-0.15, -0.1) is 0 Å². The second-order valence-corrected chi connectivity index (χ2v) is 6.15. The van der Waals surface area contributed by atoms with Crippen LogP contribution in [0.1, 0.15) is 6.42 Å². The number of hydrogen-bond acceptors (Lipinski definition) is 5. The van der Waals surface area contributed by atoms with E-state index in [1.165, 1.54) is 6.33 Å². The van der Waals surface area contributed by atoms with Gasteiger partial charge in [-0.1, -0.05) is 12.5 Å². The van der Waals surface area contributed by atoms with Crippen molar-refractivity contribution in [1.82, 2.24) is 14.8 Å². The van der Waals surface area contributed by atoms with Crippen molar-refractivity contribution >= 4 is 8.80 Å². The van der Waals surface area contributed by atoms with E-state index in [2.05, 4.69) is 10.1 Å². The van der Waals surface area contributed by atoms with E-state index in [9.17, 15) is 0 Å². The minimum atomic E-state index is -2.41. The fourth-order valence-electron chi connectivity index (χ4n) is 1.36. The van der Waals surface area contributed by atoms with Crippen LogP contribution in [0.4, 0.5) is 0 Å². The largest absolute Gasteiger partial charge is 0.527 e. The topological polar surface area (TPSA) is 58.4 Å². The van der Waals surface area contributed by atoms with Crippen LogP contribution in [0.2, 0.25) is 6.04 Å². The van der Waals surface area contributed by atoms with Crippen LogP contribution in [0.15, 0.2) is 12.7 Å². The summed E-state index contributed by atoms with van der Waals surface area (Å²) in [6.45, 7) is 0.796. The molecule has 0 aromatic carbocycles.